The highest BCUT2D eigenvalue weighted by molar-refractivity contribution is 7.90. The third-order valence-electron chi connectivity index (χ3n) is 2.13. The molecule has 100 valence electrons. The molecule has 1 unspecified atom stereocenters. The molecule has 0 saturated carbocycles. The lowest BCUT2D eigenvalue weighted by Crippen LogP contribution is -2.37. The van der Waals surface area contributed by atoms with Gasteiger partial charge in [-0.15, -0.1) is 0 Å². The first-order valence-electron chi connectivity index (χ1n) is 5.13. The van der Waals surface area contributed by atoms with Crippen LogP contribution in [0.2, 0.25) is 10.0 Å². The van der Waals surface area contributed by atoms with Crippen molar-refractivity contribution >= 4 is 38.9 Å². The predicted molar refractivity (Wildman–Crippen MR) is 73.1 cm³/mol. The molecule has 1 amide bonds. The van der Waals surface area contributed by atoms with Crippen molar-refractivity contribution in [2.45, 2.75) is 13.0 Å². The molecule has 1 rings (SSSR count). The molecule has 0 fully saturated rings. The van der Waals surface area contributed by atoms with Crippen LogP contribution in [-0.4, -0.2) is 32.4 Å². The standard InChI is InChI=1S/C11H13Cl2NO3S/c1-7(6-18(2,16)17)14-11(15)8-4-3-5-9(12)10(8)13/h3-5,7H,6H2,1-2H3,(H,14,15). The van der Waals surface area contributed by atoms with Crippen LogP contribution in [-0.2, 0) is 9.84 Å². The molecule has 0 bridgehead atoms. The molecule has 18 heavy (non-hydrogen) atoms. The normalized spacial score (nSPS) is 13.1. The van der Waals surface area contributed by atoms with Gasteiger partial charge in [-0.1, -0.05) is 29.3 Å². The maximum atomic E-state index is 11.9. The highest BCUT2D eigenvalue weighted by atomic mass is 35.5. The minimum Gasteiger partial charge on any atom is -0.349 e. The summed E-state index contributed by atoms with van der Waals surface area (Å²) in [4.78, 5) is 11.9. The van der Waals surface area contributed by atoms with Gasteiger partial charge in [0.15, 0.2) is 0 Å². The number of hydrogen-bond donors (Lipinski definition) is 1. The molecule has 1 aromatic rings. The number of rotatable bonds is 4. The third kappa shape index (κ3) is 4.48. The zero-order valence-corrected chi connectivity index (χ0v) is 12.2. The first-order valence-corrected chi connectivity index (χ1v) is 7.95. The van der Waals surface area contributed by atoms with Gasteiger partial charge in [0.2, 0.25) is 0 Å². The van der Waals surface area contributed by atoms with Crippen LogP contribution in [0.1, 0.15) is 17.3 Å². The van der Waals surface area contributed by atoms with Crippen LogP contribution in [0.15, 0.2) is 18.2 Å². The van der Waals surface area contributed by atoms with Crippen molar-refractivity contribution in [1.82, 2.24) is 5.32 Å². The van der Waals surface area contributed by atoms with Crippen LogP contribution in [0.3, 0.4) is 0 Å². The van der Waals surface area contributed by atoms with Crippen LogP contribution >= 0.6 is 23.2 Å². The van der Waals surface area contributed by atoms with Crippen molar-refractivity contribution in [3.63, 3.8) is 0 Å². The molecule has 0 aromatic heterocycles. The van der Waals surface area contributed by atoms with E-state index in [0.29, 0.717) is 0 Å². The summed E-state index contributed by atoms with van der Waals surface area (Å²) in [7, 11) is -3.14. The molecule has 1 N–H and O–H groups in total. The van der Waals surface area contributed by atoms with E-state index < -0.39 is 21.8 Å². The largest absolute Gasteiger partial charge is 0.349 e. The van der Waals surface area contributed by atoms with Crippen molar-refractivity contribution in [2.24, 2.45) is 0 Å². The maximum Gasteiger partial charge on any atom is 0.253 e. The van der Waals surface area contributed by atoms with E-state index in [1.165, 1.54) is 6.07 Å². The minimum atomic E-state index is -3.14. The number of sulfone groups is 1. The Balaban J connectivity index is 2.80. The average Bonchev–Trinajstić information content (AvgIpc) is 2.18. The van der Waals surface area contributed by atoms with E-state index in [9.17, 15) is 13.2 Å². The van der Waals surface area contributed by atoms with E-state index in [4.69, 9.17) is 23.2 Å². The second-order valence-corrected chi connectivity index (χ2v) is 7.04. The van der Waals surface area contributed by atoms with Crippen LogP contribution in [0.25, 0.3) is 0 Å². The lowest BCUT2D eigenvalue weighted by molar-refractivity contribution is 0.0944. The molecule has 0 saturated heterocycles. The summed E-state index contributed by atoms with van der Waals surface area (Å²) in [5.41, 5.74) is 0.226. The van der Waals surface area contributed by atoms with Gasteiger partial charge in [0.05, 0.1) is 21.4 Å². The van der Waals surface area contributed by atoms with E-state index in [1.807, 2.05) is 0 Å². The predicted octanol–water partition coefficient (Wildman–Crippen LogP) is 2.16. The number of carbonyl (C=O) groups excluding carboxylic acids is 1. The number of benzene rings is 1. The zero-order valence-electron chi connectivity index (χ0n) is 9.91. The Morgan fingerprint density at radius 1 is 1.39 bits per heavy atom. The van der Waals surface area contributed by atoms with Crippen LogP contribution in [0.5, 0.6) is 0 Å². The number of carbonyl (C=O) groups is 1. The molecule has 4 nitrogen and oxygen atoms in total. The van der Waals surface area contributed by atoms with Gasteiger partial charge in [0.1, 0.15) is 9.84 Å². The molecule has 0 radical (unpaired) electrons. The fourth-order valence-corrected chi connectivity index (χ4v) is 2.85. The summed E-state index contributed by atoms with van der Waals surface area (Å²) >= 11 is 11.7. The molecular formula is C11H13Cl2NO3S. The molecule has 1 aromatic carbocycles. The molecule has 0 aliphatic carbocycles. The smallest absolute Gasteiger partial charge is 0.253 e. The Hall–Kier alpha value is -0.780. The summed E-state index contributed by atoms with van der Waals surface area (Å²) < 4.78 is 22.2. The summed E-state index contributed by atoms with van der Waals surface area (Å²) in [6.45, 7) is 1.61. The van der Waals surface area contributed by atoms with Crippen LogP contribution in [0, 0.1) is 0 Å². The number of nitrogens with one attached hydrogen (secondary N) is 1. The van der Waals surface area contributed by atoms with Gasteiger partial charge in [-0.3, -0.25) is 4.79 Å². The monoisotopic (exact) mass is 309 g/mol. The zero-order chi connectivity index (χ0) is 13.9. The Morgan fingerprint density at radius 2 is 2.00 bits per heavy atom. The lowest BCUT2D eigenvalue weighted by Gasteiger charge is -2.13. The molecular weight excluding hydrogens is 297 g/mol. The Labute approximate surface area is 116 Å². The van der Waals surface area contributed by atoms with Gasteiger partial charge < -0.3 is 5.32 Å². The second-order valence-electron chi connectivity index (χ2n) is 4.07. The Kier molecular flexibility index (Phi) is 5.01. The number of halogens is 2. The van der Waals surface area contributed by atoms with Crippen LogP contribution in [0.4, 0.5) is 0 Å². The summed E-state index contributed by atoms with van der Waals surface area (Å²) in [6, 6.07) is 4.20. The molecule has 0 aliphatic heterocycles. The van der Waals surface area contributed by atoms with Gasteiger partial charge in [-0.2, -0.15) is 0 Å². The van der Waals surface area contributed by atoms with Crippen molar-refractivity contribution in [3.05, 3.63) is 33.8 Å². The van der Waals surface area contributed by atoms with Gasteiger partial charge in [-0.25, -0.2) is 8.42 Å². The van der Waals surface area contributed by atoms with Gasteiger partial charge in [0.25, 0.3) is 5.91 Å². The summed E-state index contributed by atoms with van der Waals surface area (Å²) in [6.07, 6.45) is 1.11. The second kappa shape index (κ2) is 5.91. The average molecular weight is 310 g/mol. The van der Waals surface area contributed by atoms with E-state index in [0.717, 1.165) is 6.26 Å². The van der Waals surface area contributed by atoms with Gasteiger partial charge in [-0.05, 0) is 19.1 Å². The fraction of sp³-hybridized carbons (Fsp3) is 0.364. The first-order chi connectivity index (χ1) is 8.20. The van der Waals surface area contributed by atoms with Crippen molar-refractivity contribution in [1.29, 1.82) is 0 Å². The highest BCUT2D eigenvalue weighted by Crippen LogP contribution is 2.25. The minimum absolute atomic E-state index is 0.128. The van der Waals surface area contributed by atoms with E-state index in [-0.39, 0.29) is 21.4 Å². The number of amides is 1. The van der Waals surface area contributed by atoms with E-state index in [1.54, 1.807) is 19.1 Å². The molecule has 7 heteroatoms. The topological polar surface area (TPSA) is 63.2 Å². The van der Waals surface area contributed by atoms with E-state index in [2.05, 4.69) is 5.32 Å². The molecule has 1 atom stereocenters. The third-order valence-corrected chi connectivity index (χ3v) is 4.05. The highest BCUT2D eigenvalue weighted by Gasteiger charge is 2.17. The SMILES string of the molecule is CC(CS(C)(=O)=O)NC(=O)c1cccc(Cl)c1Cl. The summed E-state index contributed by atoms with van der Waals surface area (Å²) in [5, 5.41) is 2.99. The van der Waals surface area contributed by atoms with Crippen molar-refractivity contribution < 1.29 is 13.2 Å². The number of hydrogen-bond acceptors (Lipinski definition) is 3. The lowest BCUT2D eigenvalue weighted by atomic mass is 10.2. The van der Waals surface area contributed by atoms with E-state index >= 15 is 0 Å². The van der Waals surface area contributed by atoms with Gasteiger partial charge >= 0.3 is 0 Å². The Bertz CT molecular complexity index is 557. The van der Waals surface area contributed by atoms with Crippen molar-refractivity contribution in [2.75, 3.05) is 12.0 Å². The fourth-order valence-electron chi connectivity index (χ4n) is 1.48. The maximum absolute atomic E-state index is 11.9. The molecule has 0 spiro atoms. The first kappa shape index (κ1) is 15.3. The summed E-state index contributed by atoms with van der Waals surface area (Å²) in [5.74, 6) is -0.574. The Morgan fingerprint density at radius 3 is 2.56 bits per heavy atom. The van der Waals surface area contributed by atoms with Crippen LogP contribution < -0.4 is 5.32 Å². The van der Waals surface area contributed by atoms with Gasteiger partial charge in [0, 0.05) is 12.3 Å². The quantitative estimate of drug-likeness (QED) is 0.927. The molecule has 0 aliphatic rings. The van der Waals surface area contributed by atoms with Crippen molar-refractivity contribution in [3.8, 4) is 0 Å². The molecule has 0 heterocycles.